The molecule has 8 atom stereocenters. The first-order valence-corrected chi connectivity index (χ1v) is 14.4. The molecule has 43 heavy (non-hydrogen) atoms. The Bertz CT molecular complexity index is 1510. The summed E-state index contributed by atoms with van der Waals surface area (Å²) in [4.78, 5) is 8.27. The summed E-state index contributed by atoms with van der Waals surface area (Å²) in [7, 11) is 0. The van der Waals surface area contributed by atoms with Crippen molar-refractivity contribution in [1.82, 2.24) is 9.97 Å². The van der Waals surface area contributed by atoms with Gasteiger partial charge in [0, 0.05) is 11.4 Å². The van der Waals surface area contributed by atoms with E-state index in [1.165, 1.54) is 0 Å². The van der Waals surface area contributed by atoms with E-state index in [9.17, 15) is 14.6 Å². The number of aliphatic hydroxyl groups excluding tert-OH is 2. The molecule has 5 heterocycles. The second-order valence-corrected chi connectivity index (χ2v) is 11.4. The minimum Gasteiger partial charge on any atom is -0.484 e. The van der Waals surface area contributed by atoms with Crippen LogP contribution in [0.1, 0.15) is 0 Å². The van der Waals surface area contributed by atoms with Gasteiger partial charge in [-0.25, -0.2) is 9.37 Å². The Kier molecular flexibility index (Phi) is 7.90. The van der Waals surface area contributed by atoms with Crippen molar-refractivity contribution in [3.63, 3.8) is 0 Å². The molecule has 0 spiro atoms. The Balaban J connectivity index is 0.991. The predicted octanol–water partition coefficient (Wildman–Crippen LogP) is 3.22. The Morgan fingerprint density at radius 3 is 1.79 bits per heavy atom. The zero-order chi connectivity index (χ0) is 29.7. The number of halogens is 3. The van der Waals surface area contributed by atoms with Crippen LogP contribution in [0.15, 0.2) is 42.6 Å². The highest BCUT2D eigenvalue weighted by molar-refractivity contribution is 6.32. The van der Waals surface area contributed by atoms with Crippen LogP contribution in [0.5, 0.6) is 11.5 Å². The fourth-order valence-corrected chi connectivity index (χ4v) is 6.00. The van der Waals surface area contributed by atoms with Gasteiger partial charge >= 0.3 is 0 Å². The SMILES string of the molecule is O[C@H]1CO[C@H]2[C@@H]1OC[C@@H]2Oc1ccc(Nc2ncc(F)c(Nc3ccc(O[C@H]4CO[C@H]5[C@@H]4OC[C@@H]5O)c(Cl)c3)n2)cc1Cl. The molecular weight excluding hydrogens is 610 g/mol. The quantitative estimate of drug-likeness (QED) is 0.288. The van der Waals surface area contributed by atoms with Gasteiger partial charge in [-0.3, -0.25) is 0 Å². The third-order valence-electron chi connectivity index (χ3n) is 7.65. The summed E-state index contributed by atoms with van der Waals surface area (Å²) in [5.74, 6) is 0.186. The van der Waals surface area contributed by atoms with Gasteiger partial charge in [0.05, 0.1) is 42.7 Å². The molecule has 7 rings (SSSR count). The smallest absolute Gasteiger partial charge is 0.229 e. The number of fused-ring (bicyclic) bond motifs is 2. The molecule has 228 valence electrons. The number of nitrogens with one attached hydrogen (secondary N) is 2. The van der Waals surface area contributed by atoms with E-state index in [2.05, 4.69) is 20.6 Å². The second-order valence-electron chi connectivity index (χ2n) is 10.6. The molecule has 0 radical (unpaired) electrons. The van der Waals surface area contributed by atoms with Gasteiger partial charge in [-0.1, -0.05) is 23.2 Å². The van der Waals surface area contributed by atoms with E-state index in [4.69, 9.17) is 51.6 Å². The molecule has 4 aliphatic rings. The first-order valence-electron chi connectivity index (χ1n) is 13.6. The van der Waals surface area contributed by atoms with E-state index < -0.39 is 42.4 Å². The average molecular weight is 637 g/mol. The highest BCUT2D eigenvalue weighted by Crippen LogP contribution is 2.36. The minimum absolute atomic E-state index is 0.0804. The predicted molar refractivity (Wildman–Crippen MR) is 151 cm³/mol. The van der Waals surface area contributed by atoms with Crippen molar-refractivity contribution in [3.05, 3.63) is 58.5 Å². The van der Waals surface area contributed by atoms with Crippen molar-refractivity contribution >= 4 is 46.3 Å². The number of ether oxygens (including phenoxy) is 6. The minimum atomic E-state index is -0.683. The number of rotatable bonds is 8. The maximum Gasteiger partial charge on any atom is 0.229 e. The number of aliphatic hydroxyl groups is 2. The van der Waals surface area contributed by atoms with Crippen molar-refractivity contribution in [2.45, 2.75) is 48.8 Å². The molecule has 0 amide bonds. The maximum absolute atomic E-state index is 14.6. The van der Waals surface area contributed by atoms with Crippen LogP contribution in [0, 0.1) is 5.82 Å². The number of benzene rings is 2. The van der Waals surface area contributed by atoms with Gasteiger partial charge in [-0.15, -0.1) is 0 Å². The first kappa shape index (κ1) is 28.7. The van der Waals surface area contributed by atoms with E-state index in [1.807, 2.05) is 0 Å². The summed E-state index contributed by atoms with van der Waals surface area (Å²) in [6.07, 6.45) is -2.73. The van der Waals surface area contributed by atoms with Crippen LogP contribution in [0.4, 0.5) is 27.5 Å². The molecule has 0 saturated carbocycles. The van der Waals surface area contributed by atoms with E-state index in [1.54, 1.807) is 36.4 Å². The summed E-state index contributed by atoms with van der Waals surface area (Å²) in [6.45, 7) is 0.937. The largest absolute Gasteiger partial charge is 0.484 e. The van der Waals surface area contributed by atoms with Gasteiger partial charge in [0.15, 0.2) is 23.8 Å². The summed E-state index contributed by atoms with van der Waals surface area (Å²) in [5, 5.41) is 26.4. The van der Waals surface area contributed by atoms with E-state index in [-0.39, 0.29) is 55.4 Å². The van der Waals surface area contributed by atoms with Crippen LogP contribution in [-0.4, -0.2) is 95.4 Å². The maximum atomic E-state index is 14.6. The lowest BCUT2D eigenvalue weighted by atomic mass is 10.1. The van der Waals surface area contributed by atoms with Crippen LogP contribution in [-0.2, 0) is 18.9 Å². The monoisotopic (exact) mass is 636 g/mol. The zero-order valence-corrected chi connectivity index (χ0v) is 23.9. The molecular formula is C28H27Cl2FN4O8. The van der Waals surface area contributed by atoms with Crippen molar-refractivity contribution in [1.29, 1.82) is 0 Å². The molecule has 3 aromatic rings. The molecule has 4 fully saturated rings. The van der Waals surface area contributed by atoms with Gasteiger partial charge < -0.3 is 49.3 Å². The van der Waals surface area contributed by atoms with Gasteiger partial charge in [-0.05, 0) is 36.4 Å². The Labute approximate surface area is 254 Å². The van der Waals surface area contributed by atoms with E-state index in [0.29, 0.717) is 27.9 Å². The van der Waals surface area contributed by atoms with Gasteiger partial charge in [0.1, 0.15) is 48.1 Å². The Morgan fingerprint density at radius 2 is 1.26 bits per heavy atom. The normalized spacial score (nSPS) is 31.1. The lowest BCUT2D eigenvalue weighted by molar-refractivity contribution is 0.00863. The third-order valence-corrected chi connectivity index (χ3v) is 8.24. The van der Waals surface area contributed by atoms with Gasteiger partial charge in [0.2, 0.25) is 5.95 Å². The fraction of sp³-hybridized carbons (Fsp3) is 0.429. The molecule has 4 saturated heterocycles. The summed E-state index contributed by atoms with van der Waals surface area (Å²) in [5.41, 5.74) is 1.01. The van der Waals surface area contributed by atoms with E-state index in [0.717, 1.165) is 6.20 Å². The summed E-state index contributed by atoms with van der Waals surface area (Å²) in [6, 6.07) is 9.91. The first-order chi connectivity index (χ1) is 20.8. The van der Waals surface area contributed by atoms with Crippen molar-refractivity contribution < 1.29 is 43.0 Å². The van der Waals surface area contributed by atoms with Crippen LogP contribution in [0.25, 0.3) is 0 Å². The summed E-state index contributed by atoms with van der Waals surface area (Å²) >= 11 is 12.9. The van der Waals surface area contributed by atoms with Crippen LogP contribution < -0.4 is 20.1 Å². The van der Waals surface area contributed by atoms with Crippen LogP contribution in [0.2, 0.25) is 10.0 Å². The van der Waals surface area contributed by atoms with Crippen molar-refractivity contribution in [2.24, 2.45) is 0 Å². The lowest BCUT2D eigenvalue weighted by Crippen LogP contribution is -2.34. The number of nitrogens with zero attached hydrogens (tertiary/aromatic N) is 2. The van der Waals surface area contributed by atoms with E-state index >= 15 is 0 Å². The standard InChI is InChI=1S/C28H27Cl2FN4O8/c29-14-5-12(1-3-19(14)42-21-10-40-23-17(36)8-38-25(21)23)33-27-16(31)7-32-28(35-27)34-13-2-4-20(15(30)6-13)43-22-11-41-24-18(37)9-39-26(22)24/h1-7,17-18,21-26,36-37H,8-11H2,(H2,32,33,34,35)/t17-,18-,21-,22-,23+,24+,25+,26+/m0/s1. The molecule has 4 aliphatic heterocycles. The van der Waals surface area contributed by atoms with Crippen LogP contribution in [0.3, 0.4) is 0 Å². The molecule has 12 nitrogen and oxygen atoms in total. The Hall–Kier alpha value is -3.01. The van der Waals surface area contributed by atoms with Gasteiger partial charge in [0.25, 0.3) is 0 Å². The molecule has 4 N–H and O–H groups in total. The molecule has 0 aliphatic carbocycles. The van der Waals surface area contributed by atoms with Crippen molar-refractivity contribution in [3.8, 4) is 11.5 Å². The Morgan fingerprint density at radius 1 is 0.744 bits per heavy atom. The van der Waals surface area contributed by atoms with Crippen LogP contribution >= 0.6 is 23.2 Å². The number of hydrogen-bond donors (Lipinski definition) is 4. The molecule has 0 unspecified atom stereocenters. The second kappa shape index (κ2) is 11.8. The zero-order valence-electron chi connectivity index (χ0n) is 22.4. The topological polar surface area (TPSA) is 146 Å². The lowest BCUT2D eigenvalue weighted by Gasteiger charge is -2.19. The molecule has 2 aromatic carbocycles. The molecule has 15 heteroatoms. The molecule has 1 aromatic heterocycles. The average Bonchev–Trinajstić information content (AvgIpc) is 3.75. The number of anilines is 4. The highest BCUT2D eigenvalue weighted by Gasteiger charge is 2.49. The number of aromatic nitrogens is 2. The van der Waals surface area contributed by atoms with Crippen molar-refractivity contribution in [2.75, 3.05) is 37.1 Å². The highest BCUT2D eigenvalue weighted by atomic mass is 35.5. The third kappa shape index (κ3) is 5.79. The van der Waals surface area contributed by atoms with Gasteiger partial charge in [-0.2, -0.15) is 4.98 Å². The fourth-order valence-electron chi connectivity index (χ4n) is 5.55. The summed E-state index contributed by atoms with van der Waals surface area (Å²) < 4.78 is 49.0. The molecule has 0 bridgehead atoms. The number of hydrogen-bond acceptors (Lipinski definition) is 12.